The SMILES string of the molecule is CCC(C)(C)NC(=O)C(c1cccc(OC)c1)N(Cc1ccccc1)C(=O)Cn1nnc2ccccc21. The number of benzene rings is 3. The predicted octanol–water partition coefficient (Wildman–Crippen LogP) is 4.51. The highest BCUT2D eigenvalue weighted by molar-refractivity contribution is 5.89. The zero-order valence-electron chi connectivity index (χ0n) is 21.7. The summed E-state index contributed by atoms with van der Waals surface area (Å²) in [5.41, 5.74) is 2.59. The average molecular weight is 500 g/mol. The number of hydrogen-bond donors (Lipinski definition) is 1. The van der Waals surface area contributed by atoms with E-state index in [0.29, 0.717) is 16.8 Å². The maximum Gasteiger partial charge on any atom is 0.247 e. The van der Waals surface area contributed by atoms with Gasteiger partial charge in [-0.1, -0.05) is 66.7 Å². The smallest absolute Gasteiger partial charge is 0.247 e. The fourth-order valence-corrected chi connectivity index (χ4v) is 4.13. The summed E-state index contributed by atoms with van der Waals surface area (Å²) in [6.07, 6.45) is 0.737. The molecule has 0 spiro atoms. The van der Waals surface area contributed by atoms with Crippen molar-refractivity contribution in [3.05, 3.63) is 90.0 Å². The Hall–Kier alpha value is -4.20. The van der Waals surface area contributed by atoms with Crippen molar-refractivity contribution in [3.8, 4) is 5.75 Å². The second kappa shape index (κ2) is 11.2. The van der Waals surface area contributed by atoms with Crippen molar-refractivity contribution >= 4 is 22.8 Å². The standard InChI is InChI=1S/C29H33N5O3/c1-5-29(2,3)30-28(36)27(22-14-11-15-23(18-22)37-4)33(19-21-12-7-6-8-13-21)26(35)20-34-25-17-10-9-16-24(25)31-32-34/h6-18,27H,5,19-20H2,1-4H3,(H,30,36). The van der Waals surface area contributed by atoms with Crippen LogP contribution in [0.15, 0.2) is 78.9 Å². The summed E-state index contributed by atoms with van der Waals surface area (Å²) >= 11 is 0. The lowest BCUT2D eigenvalue weighted by molar-refractivity contribution is -0.143. The van der Waals surface area contributed by atoms with Crippen LogP contribution in [0.2, 0.25) is 0 Å². The maximum atomic E-state index is 14.0. The second-order valence-corrected chi connectivity index (χ2v) is 9.65. The van der Waals surface area contributed by atoms with E-state index in [-0.39, 0.29) is 24.9 Å². The molecular weight excluding hydrogens is 466 g/mol. The molecule has 1 atom stereocenters. The molecule has 0 fully saturated rings. The molecule has 4 aromatic rings. The van der Waals surface area contributed by atoms with E-state index in [2.05, 4.69) is 15.6 Å². The highest BCUT2D eigenvalue weighted by Crippen LogP contribution is 2.28. The zero-order chi connectivity index (χ0) is 26.4. The lowest BCUT2D eigenvalue weighted by atomic mass is 9.98. The van der Waals surface area contributed by atoms with Gasteiger partial charge in [0.2, 0.25) is 11.8 Å². The number of methoxy groups -OCH3 is 1. The Morgan fingerprint density at radius 1 is 1.03 bits per heavy atom. The van der Waals surface area contributed by atoms with Gasteiger partial charge in [0.1, 0.15) is 23.9 Å². The van der Waals surface area contributed by atoms with Crippen LogP contribution in [0.3, 0.4) is 0 Å². The second-order valence-electron chi connectivity index (χ2n) is 9.65. The molecule has 192 valence electrons. The molecule has 3 aromatic carbocycles. The lowest BCUT2D eigenvalue weighted by Crippen LogP contribution is -2.50. The van der Waals surface area contributed by atoms with Crippen LogP contribution in [0, 0.1) is 0 Å². The third-order valence-corrected chi connectivity index (χ3v) is 6.54. The van der Waals surface area contributed by atoms with Crippen LogP contribution in [-0.2, 0) is 22.7 Å². The van der Waals surface area contributed by atoms with Crippen LogP contribution in [-0.4, -0.2) is 44.4 Å². The third kappa shape index (κ3) is 6.14. The molecule has 8 heteroatoms. The summed E-state index contributed by atoms with van der Waals surface area (Å²) in [4.78, 5) is 29.5. The normalized spacial score (nSPS) is 12.2. The van der Waals surface area contributed by atoms with E-state index in [0.717, 1.165) is 17.5 Å². The van der Waals surface area contributed by atoms with Crippen molar-refractivity contribution in [1.82, 2.24) is 25.2 Å². The topological polar surface area (TPSA) is 89.4 Å². The van der Waals surface area contributed by atoms with Gasteiger partial charge in [0.15, 0.2) is 0 Å². The number of para-hydroxylation sites is 1. The third-order valence-electron chi connectivity index (χ3n) is 6.54. The Balaban J connectivity index is 1.77. The number of rotatable bonds is 10. The van der Waals surface area contributed by atoms with E-state index in [9.17, 15) is 9.59 Å². The Bertz CT molecular complexity index is 1370. The molecule has 0 aliphatic carbocycles. The summed E-state index contributed by atoms with van der Waals surface area (Å²) in [5.74, 6) is 0.101. The van der Waals surface area contributed by atoms with Crippen LogP contribution >= 0.6 is 0 Å². The first-order chi connectivity index (χ1) is 17.8. The summed E-state index contributed by atoms with van der Waals surface area (Å²) in [7, 11) is 1.58. The van der Waals surface area contributed by atoms with E-state index in [1.165, 1.54) is 0 Å². The average Bonchev–Trinajstić information content (AvgIpc) is 3.31. The van der Waals surface area contributed by atoms with Crippen LogP contribution in [0.4, 0.5) is 0 Å². The number of carbonyl (C=O) groups is 2. The maximum absolute atomic E-state index is 14.0. The molecule has 1 aromatic heterocycles. The van der Waals surface area contributed by atoms with Gasteiger partial charge in [-0.3, -0.25) is 9.59 Å². The predicted molar refractivity (Wildman–Crippen MR) is 143 cm³/mol. The molecule has 1 heterocycles. The summed E-state index contributed by atoms with van der Waals surface area (Å²) < 4.78 is 7.02. The molecule has 2 amide bonds. The van der Waals surface area contributed by atoms with E-state index >= 15 is 0 Å². The van der Waals surface area contributed by atoms with Crippen LogP contribution in [0.25, 0.3) is 11.0 Å². The van der Waals surface area contributed by atoms with Crippen molar-refractivity contribution in [2.24, 2.45) is 0 Å². The van der Waals surface area contributed by atoms with Gasteiger partial charge < -0.3 is 15.0 Å². The minimum atomic E-state index is -0.886. The molecule has 4 rings (SSSR count). The van der Waals surface area contributed by atoms with Gasteiger partial charge in [0.25, 0.3) is 0 Å². The van der Waals surface area contributed by atoms with Gasteiger partial charge in [-0.2, -0.15) is 0 Å². The summed E-state index contributed by atoms with van der Waals surface area (Å²) in [5, 5.41) is 11.5. The number of carbonyl (C=O) groups excluding carboxylic acids is 2. The van der Waals surface area contributed by atoms with Gasteiger partial charge in [-0.15, -0.1) is 5.10 Å². The van der Waals surface area contributed by atoms with E-state index < -0.39 is 11.6 Å². The minimum absolute atomic E-state index is 0.0573. The highest BCUT2D eigenvalue weighted by atomic mass is 16.5. The first-order valence-corrected chi connectivity index (χ1v) is 12.4. The van der Waals surface area contributed by atoms with Crippen LogP contribution in [0.1, 0.15) is 44.4 Å². The Labute approximate surface area is 217 Å². The Morgan fingerprint density at radius 2 is 1.76 bits per heavy atom. The monoisotopic (exact) mass is 499 g/mol. The summed E-state index contributed by atoms with van der Waals surface area (Å²) in [6.45, 7) is 6.15. The fraction of sp³-hybridized carbons (Fsp3) is 0.310. The molecular formula is C29H33N5O3. The van der Waals surface area contributed by atoms with Gasteiger partial charge in [-0.05, 0) is 55.7 Å². The highest BCUT2D eigenvalue weighted by Gasteiger charge is 2.34. The van der Waals surface area contributed by atoms with Gasteiger partial charge >= 0.3 is 0 Å². The fourth-order valence-electron chi connectivity index (χ4n) is 4.13. The quantitative estimate of drug-likeness (QED) is 0.347. The molecule has 0 saturated heterocycles. The Kier molecular flexibility index (Phi) is 7.86. The van der Waals surface area contributed by atoms with E-state index in [1.807, 2.05) is 93.6 Å². The van der Waals surface area contributed by atoms with Crippen molar-refractivity contribution in [3.63, 3.8) is 0 Å². The molecule has 0 saturated carbocycles. The first-order valence-electron chi connectivity index (χ1n) is 12.4. The van der Waals surface area contributed by atoms with Crippen molar-refractivity contribution in [1.29, 1.82) is 0 Å². The van der Waals surface area contributed by atoms with Crippen molar-refractivity contribution in [2.75, 3.05) is 7.11 Å². The number of fused-ring (bicyclic) bond motifs is 1. The molecule has 37 heavy (non-hydrogen) atoms. The number of nitrogens with one attached hydrogen (secondary N) is 1. The molecule has 0 aliphatic rings. The molecule has 8 nitrogen and oxygen atoms in total. The number of amides is 2. The van der Waals surface area contributed by atoms with Crippen molar-refractivity contribution < 1.29 is 14.3 Å². The first kappa shape index (κ1) is 25.9. The number of nitrogens with zero attached hydrogens (tertiary/aromatic N) is 4. The zero-order valence-corrected chi connectivity index (χ0v) is 21.7. The number of aromatic nitrogens is 3. The molecule has 0 radical (unpaired) electrons. The van der Waals surface area contributed by atoms with E-state index in [1.54, 1.807) is 22.8 Å². The van der Waals surface area contributed by atoms with Gasteiger partial charge in [0, 0.05) is 12.1 Å². The lowest BCUT2D eigenvalue weighted by Gasteiger charge is -2.34. The van der Waals surface area contributed by atoms with Gasteiger partial charge in [-0.25, -0.2) is 4.68 Å². The van der Waals surface area contributed by atoms with E-state index in [4.69, 9.17) is 4.74 Å². The van der Waals surface area contributed by atoms with Crippen molar-refractivity contribution in [2.45, 2.75) is 51.9 Å². The minimum Gasteiger partial charge on any atom is -0.497 e. The molecule has 1 N–H and O–H groups in total. The number of hydrogen-bond acceptors (Lipinski definition) is 5. The van der Waals surface area contributed by atoms with Gasteiger partial charge in [0.05, 0.1) is 12.6 Å². The van der Waals surface area contributed by atoms with Crippen LogP contribution in [0.5, 0.6) is 5.75 Å². The molecule has 0 bridgehead atoms. The Morgan fingerprint density at radius 3 is 2.49 bits per heavy atom. The summed E-state index contributed by atoms with van der Waals surface area (Å²) in [6, 6.07) is 23.6. The van der Waals surface area contributed by atoms with Crippen LogP contribution < -0.4 is 10.1 Å². The number of ether oxygens (including phenoxy) is 1. The molecule has 1 unspecified atom stereocenters. The largest absolute Gasteiger partial charge is 0.497 e. The molecule has 0 aliphatic heterocycles.